The lowest BCUT2D eigenvalue weighted by Gasteiger charge is -2.24. The van der Waals surface area contributed by atoms with E-state index in [-0.39, 0.29) is 17.7 Å². The molecule has 2 nitrogen and oxygen atoms in total. The first kappa shape index (κ1) is 17.1. The van der Waals surface area contributed by atoms with E-state index in [0.29, 0.717) is 17.2 Å². The van der Waals surface area contributed by atoms with Gasteiger partial charge in [-0.25, -0.2) is 8.78 Å². The van der Waals surface area contributed by atoms with Crippen LogP contribution < -0.4 is 5.32 Å². The van der Waals surface area contributed by atoms with Crippen LogP contribution in [0.2, 0.25) is 0 Å². The van der Waals surface area contributed by atoms with Crippen molar-refractivity contribution < 1.29 is 8.78 Å². The summed E-state index contributed by atoms with van der Waals surface area (Å²) in [6, 6.07) is 2.88. The fraction of sp³-hybridized carbons (Fsp3) is 0.625. The van der Waals surface area contributed by atoms with Gasteiger partial charge in [0.05, 0.1) is 0 Å². The van der Waals surface area contributed by atoms with Gasteiger partial charge in [-0.05, 0) is 51.9 Å². The van der Waals surface area contributed by atoms with Gasteiger partial charge in [-0.15, -0.1) is 0 Å². The van der Waals surface area contributed by atoms with Crippen LogP contribution in [-0.4, -0.2) is 31.1 Å². The number of rotatable bonds is 7. The van der Waals surface area contributed by atoms with Gasteiger partial charge in [0.15, 0.2) is 0 Å². The van der Waals surface area contributed by atoms with Crippen LogP contribution in [-0.2, 0) is 0 Å². The molecule has 0 saturated carbocycles. The van der Waals surface area contributed by atoms with Crippen LogP contribution in [0.4, 0.5) is 8.78 Å². The SMILES string of the molecule is CCC(C)N(C)CCNC(C)c1cc(F)c(C)cc1F. The van der Waals surface area contributed by atoms with Crippen molar-refractivity contribution in [3.05, 3.63) is 34.9 Å². The quantitative estimate of drug-likeness (QED) is 0.822. The van der Waals surface area contributed by atoms with Crippen LogP contribution in [0.25, 0.3) is 0 Å². The maximum Gasteiger partial charge on any atom is 0.128 e. The first-order chi connectivity index (χ1) is 9.36. The Bertz CT molecular complexity index is 435. The number of likely N-dealkylation sites (N-methyl/N-ethyl adjacent to an activating group) is 1. The number of aryl methyl sites for hydroxylation is 1. The molecular weight excluding hydrogens is 258 g/mol. The van der Waals surface area contributed by atoms with Gasteiger partial charge in [0.25, 0.3) is 0 Å². The Labute approximate surface area is 121 Å². The van der Waals surface area contributed by atoms with E-state index < -0.39 is 0 Å². The monoisotopic (exact) mass is 284 g/mol. The molecule has 0 amide bonds. The highest BCUT2D eigenvalue weighted by molar-refractivity contribution is 5.27. The smallest absolute Gasteiger partial charge is 0.128 e. The van der Waals surface area contributed by atoms with Crippen LogP contribution in [0, 0.1) is 18.6 Å². The highest BCUT2D eigenvalue weighted by Gasteiger charge is 2.14. The number of hydrogen-bond acceptors (Lipinski definition) is 2. The molecule has 114 valence electrons. The van der Waals surface area contributed by atoms with E-state index in [1.807, 2.05) is 6.92 Å². The zero-order valence-corrected chi connectivity index (χ0v) is 13.1. The van der Waals surface area contributed by atoms with Crippen LogP contribution in [0.15, 0.2) is 12.1 Å². The summed E-state index contributed by atoms with van der Waals surface area (Å²) in [6.45, 7) is 9.39. The summed E-state index contributed by atoms with van der Waals surface area (Å²) < 4.78 is 27.4. The molecule has 1 N–H and O–H groups in total. The topological polar surface area (TPSA) is 15.3 Å². The van der Waals surface area contributed by atoms with Crippen molar-refractivity contribution in [1.29, 1.82) is 0 Å². The second-order valence-corrected chi connectivity index (χ2v) is 5.54. The molecule has 0 aliphatic carbocycles. The zero-order valence-electron chi connectivity index (χ0n) is 13.1. The number of nitrogens with one attached hydrogen (secondary N) is 1. The summed E-state index contributed by atoms with van der Waals surface area (Å²) in [6.07, 6.45) is 1.10. The van der Waals surface area contributed by atoms with E-state index >= 15 is 0 Å². The third-order valence-electron chi connectivity index (χ3n) is 4.00. The Morgan fingerprint density at radius 3 is 2.45 bits per heavy atom. The van der Waals surface area contributed by atoms with Gasteiger partial charge < -0.3 is 10.2 Å². The van der Waals surface area contributed by atoms with Gasteiger partial charge in [0, 0.05) is 30.7 Å². The first-order valence-electron chi connectivity index (χ1n) is 7.26. The van der Waals surface area contributed by atoms with E-state index in [1.54, 1.807) is 6.92 Å². The summed E-state index contributed by atoms with van der Waals surface area (Å²) in [5, 5.41) is 3.25. The van der Waals surface area contributed by atoms with Crippen LogP contribution in [0.1, 0.15) is 44.4 Å². The number of halogens is 2. The van der Waals surface area contributed by atoms with Gasteiger partial charge >= 0.3 is 0 Å². The van der Waals surface area contributed by atoms with Gasteiger partial charge in [0.2, 0.25) is 0 Å². The maximum atomic E-state index is 13.8. The summed E-state index contributed by atoms with van der Waals surface area (Å²) in [7, 11) is 2.08. The fourth-order valence-electron chi connectivity index (χ4n) is 2.09. The molecule has 0 spiro atoms. The second-order valence-electron chi connectivity index (χ2n) is 5.54. The van der Waals surface area contributed by atoms with Gasteiger partial charge in [-0.1, -0.05) is 6.92 Å². The molecule has 0 radical (unpaired) electrons. The minimum Gasteiger partial charge on any atom is -0.309 e. The number of nitrogens with zero attached hydrogens (tertiary/aromatic N) is 1. The normalized spacial score (nSPS) is 14.6. The molecule has 0 aliphatic heterocycles. The van der Waals surface area contributed by atoms with E-state index in [0.717, 1.165) is 19.5 Å². The minimum atomic E-state index is -0.355. The van der Waals surface area contributed by atoms with Crippen LogP contribution >= 0.6 is 0 Å². The molecule has 0 saturated heterocycles. The van der Waals surface area contributed by atoms with Crippen molar-refractivity contribution in [1.82, 2.24) is 10.2 Å². The Balaban J connectivity index is 2.55. The summed E-state index contributed by atoms with van der Waals surface area (Å²) in [5.74, 6) is -0.703. The third kappa shape index (κ3) is 4.53. The Morgan fingerprint density at radius 2 is 1.85 bits per heavy atom. The zero-order chi connectivity index (χ0) is 15.3. The van der Waals surface area contributed by atoms with Gasteiger partial charge in [0.1, 0.15) is 11.6 Å². The average molecular weight is 284 g/mol. The molecule has 0 fully saturated rings. The molecule has 0 bridgehead atoms. The molecule has 20 heavy (non-hydrogen) atoms. The van der Waals surface area contributed by atoms with Gasteiger partial charge in [-0.3, -0.25) is 0 Å². The Morgan fingerprint density at radius 1 is 1.20 bits per heavy atom. The predicted octanol–water partition coefficient (Wildman–Crippen LogP) is 3.65. The second kappa shape index (κ2) is 7.70. The molecular formula is C16H26F2N2. The lowest BCUT2D eigenvalue weighted by molar-refractivity contribution is 0.249. The summed E-state index contributed by atoms with van der Waals surface area (Å²) in [4.78, 5) is 2.26. The number of hydrogen-bond donors (Lipinski definition) is 1. The summed E-state index contributed by atoms with van der Waals surface area (Å²) in [5.41, 5.74) is 0.731. The van der Waals surface area contributed by atoms with E-state index in [1.165, 1.54) is 12.1 Å². The molecule has 4 heteroatoms. The van der Waals surface area contributed by atoms with E-state index in [4.69, 9.17) is 0 Å². The molecule has 1 aromatic rings. The van der Waals surface area contributed by atoms with Gasteiger partial charge in [-0.2, -0.15) is 0 Å². The Hall–Kier alpha value is -1.00. The molecule has 2 unspecified atom stereocenters. The molecule has 1 rings (SSSR count). The highest BCUT2D eigenvalue weighted by atomic mass is 19.1. The first-order valence-corrected chi connectivity index (χ1v) is 7.26. The maximum absolute atomic E-state index is 13.8. The largest absolute Gasteiger partial charge is 0.309 e. The third-order valence-corrected chi connectivity index (χ3v) is 4.00. The lowest BCUT2D eigenvalue weighted by atomic mass is 10.1. The highest BCUT2D eigenvalue weighted by Crippen LogP contribution is 2.20. The lowest BCUT2D eigenvalue weighted by Crippen LogP contribution is -2.35. The van der Waals surface area contributed by atoms with Crippen LogP contribution in [0.5, 0.6) is 0 Å². The van der Waals surface area contributed by atoms with E-state index in [2.05, 4.69) is 31.1 Å². The molecule has 2 atom stereocenters. The number of benzene rings is 1. The fourth-order valence-corrected chi connectivity index (χ4v) is 2.09. The van der Waals surface area contributed by atoms with Crippen molar-refractivity contribution in [2.45, 2.75) is 46.2 Å². The molecule has 0 heterocycles. The van der Waals surface area contributed by atoms with Crippen molar-refractivity contribution in [3.63, 3.8) is 0 Å². The Kier molecular flexibility index (Phi) is 6.56. The molecule has 0 aliphatic rings. The van der Waals surface area contributed by atoms with Crippen molar-refractivity contribution in [3.8, 4) is 0 Å². The summed E-state index contributed by atoms with van der Waals surface area (Å²) >= 11 is 0. The molecule has 0 aromatic heterocycles. The van der Waals surface area contributed by atoms with Crippen molar-refractivity contribution in [2.24, 2.45) is 0 Å². The average Bonchev–Trinajstić information content (AvgIpc) is 2.41. The van der Waals surface area contributed by atoms with Crippen molar-refractivity contribution in [2.75, 3.05) is 20.1 Å². The molecule has 1 aromatic carbocycles. The van der Waals surface area contributed by atoms with Crippen LogP contribution in [0.3, 0.4) is 0 Å². The minimum absolute atomic E-state index is 0.199. The van der Waals surface area contributed by atoms with E-state index in [9.17, 15) is 8.78 Å². The van der Waals surface area contributed by atoms with Crippen molar-refractivity contribution >= 4 is 0 Å². The standard InChI is InChI=1S/C16H26F2N2/c1-6-12(3)20(5)8-7-19-13(4)14-10-15(17)11(2)9-16(14)18/h9-10,12-13,19H,6-8H2,1-5H3. The predicted molar refractivity (Wildman–Crippen MR) is 79.9 cm³/mol.